The first-order valence-electron chi connectivity index (χ1n) is 13.6. The van der Waals surface area contributed by atoms with E-state index in [1.807, 2.05) is 13.8 Å². The van der Waals surface area contributed by atoms with Crippen molar-refractivity contribution in [3.8, 4) is 11.5 Å². The van der Waals surface area contributed by atoms with Gasteiger partial charge in [-0.3, -0.25) is 9.59 Å². The minimum atomic E-state index is -5.08. The molecule has 0 saturated carbocycles. The Kier molecular flexibility index (Phi) is 16.3. The highest BCUT2D eigenvalue weighted by molar-refractivity contribution is 6.30. The molecule has 3 aromatic rings. The predicted molar refractivity (Wildman–Crippen MR) is 163 cm³/mol. The van der Waals surface area contributed by atoms with Crippen molar-refractivity contribution in [2.45, 2.75) is 26.2 Å². The third-order valence-corrected chi connectivity index (χ3v) is 5.66. The first kappa shape index (κ1) is 42.8. The number of aliphatic carboxylic acids is 2. The van der Waals surface area contributed by atoms with E-state index in [0.29, 0.717) is 17.3 Å². The van der Waals surface area contributed by atoms with E-state index in [0.717, 1.165) is 0 Å². The number of carboxylic acid groups (broad SMARTS) is 2. The second kappa shape index (κ2) is 19.1. The SMILES string of the molecule is CC(C)(CN)COc1cc(OCCF)ccc1C(=O)Nc1cccnc1C(=O)Nc1ccc(Cl)cn1.O=C(O)C(F)(F)F.O=C(O)C(F)(F)F. The lowest BCUT2D eigenvalue weighted by Gasteiger charge is -2.23. The summed E-state index contributed by atoms with van der Waals surface area (Å²) in [6.45, 7) is 3.65. The Morgan fingerprint density at radius 1 is 0.880 bits per heavy atom. The molecule has 50 heavy (non-hydrogen) atoms. The second-order valence-electron chi connectivity index (χ2n) is 10.1. The highest BCUT2D eigenvalue weighted by Gasteiger charge is 2.39. The van der Waals surface area contributed by atoms with Crippen LogP contribution in [-0.4, -0.2) is 82.7 Å². The molecule has 0 unspecified atom stereocenters. The Bertz CT molecular complexity index is 1580. The maximum absolute atomic E-state index is 13.2. The molecule has 274 valence electrons. The first-order chi connectivity index (χ1) is 23.1. The molecule has 1 aromatic carbocycles. The number of halogens is 8. The zero-order chi connectivity index (χ0) is 38.3. The van der Waals surface area contributed by atoms with Gasteiger partial charge in [0.25, 0.3) is 11.8 Å². The van der Waals surface area contributed by atoms with Crippen LogP contribution < -0.4 is 25.8 Å². The molecular weight excluding hydrogens is 715 g/mol. The topological polar surface area (TPSA) is 203 Å². The summed E-state index contributed by atoms with van der Waals surface area (Å²) in [6, 6.07) is 10.8. The quantitative estimate of drug-likeness (QED) is 0.153. The van der Waals surface area contributed by atoms with E-state index < -0.39 is 42.8 Å². The number of amides is 2. The Morgan fingerprint density at radius 2 is 1.48 bits per heavy atom. The van der Waals surface area contributed by atoms with Crippen LogP contribution in [0.4, 0.5) is 42.2 Å². The molecule has 0 aliphatic carbocycles. The van der Waals surface area contributed by atoms with E-state index in [1.54, 1.807) is 24.3 Å². The normalized spacial score (nSPS) is 11.1. The number of nitrogens with one attached hydrogen (secondary N) is 2. The van der Waals surface area contributed by atoms with Crippen molar-refractivity contribution >= 4 is 46.9 Å². The van der Waals surface area contributed by atoms with E-state index in [9.17, 15) is 40.3 Å². The van der Waals surface area contributed by atoms with Crippen molar-refractivity contribution < 1.29 is 69.6 Å². The molecule has 0 spiro atoms. The third-order valence-electron chi connectivity index (χ3n) is 5.44. The van der Waals surface area contributed by atoms with Gasteiger partial charge in [0.05, 0.1) is 22.9 Å². The molecule has 0 aliphatic heterocycles. The van der Waals surface area contributed by atoms with E-state index in [1.165, 1.54) is 30.6 Å². The maximum atomic E-state index is 13.2. The first-order valence-corrected chi connectivity index (χ1v) is 13.9. The number of aromatic nitrogens is 2. The van der Waals surface area contributed by atoms with Crippen LogP contribution in [-0.2, 0) is 9.59 Å². The highest BCUT2D eigenvalue weighted by atomic mass is 35.5. The Hall–Kier alpha value is -5.24. The number of anilines is 2. The summed E-state index contributed by atoms with van der Waals surface area (Å²) in [6.07, 6.45) is -7.34. The molecule has 0 fully saturated rings. The van der Waals surface area contributed by atoms with Gasteiger partial charge in [-0.15, -0.1) is 0 Å². The molecule has 21 heteroatoms. The van der Waals surface area contributed by atoms with Crippen LogP contribution in [0.15, 0.2) is 54.9 Å². The molecule has 0 radical (unpaired) electrons. The average Bonchev–Trinajstić information content (AvgIpc) is 3.03. The Labute approximate surface area is 283 Å². The fourth-order valence-electron chi connectivity index (χ4n) is 2.89. The lowest BCUT2D eigenvalue weighted by atomic mass is 9.95. The number of nitrogens with zero attached hydrogens (tertiary/aromatic N) is 2. The lowest BCUT2D eigenvalue weighted by molar-refractivity contribution is -0.193. The van der Waals surface area contributed by atoms with Crippen molar-refractivity contribution in [3.05, 3.63) is 71.1 Å². The highest BCUT2D eigenvalue weighted by Crippen LogP contribution is 2.28. The number of hydrogen-bond acceptors (Lipinski definition) is 9. The number of alkyl halides is 7. The number of rotatable bonds is 11. The van der Waals surface area contributed by atoms with Gasteiger partial charge in [0, 0.05) is 30.4 Å². The molecule has 0 aliphatic rings. The molecule has 0 bridgehead atoms. The van der Waals surface area contributed by atoms with Crippen molar-refractivity contribution in [2.24, 2.45) is 11.1 Å². The van der Waals surface area contributed by atoms with Crippen molar-refractivity contribution in [1.82, 2.24) is 9.97 Å². The van der Waals surface area contributed by atoms with E-state index in [2.05, 4.69) is 20.6 Å². The van der Waals surface area contributed by atoms with Gasteiger partial charge >= 0.3 is 24.3 Å². The number of hydrogen-bond donors (Lipinski definition) is 5. The summed E-state index contributed by atoms with van der Waals surface area (Å²) in [5, 5.41) is 20.0. The smallest absolute Gasteiger partial charge is 0.490 e. The summed E-state index contributed by atoms with van der Waals surface area (Å²) >= 11 is 5.83. The fraction of sp³-hybridized carbons (Fsp3) is 0.310. The van der Waals surface area contributed by atoms with Gasteiger partial charge in [0.1, 0.15) is 30.6 Å². The molecule has 2 amide bonds. The third kappa shape index (κ3) is 15.3. The second-order valence-corrected chi connectivity index (χ2v) is 10.6. The minimum Gasteiger partial charge on any atom is -0.492 e. The summed E-state index contributed by atoms with van der Waals surface area (Å²) in [7, 11) is 0. The molecule has 6 N–H and O–H groups in total. The van der Waals surface area contributed by atoms with Gasteiger partial charge < -0.3 is 36.1 Å². The molecule has 3 rings (SSSR count). The average molecular weight is 744 g/mol. The number of carbonyl (C=O) groups is 4. The molecule has 13 nitrogen and oxygen atoms in total. The van der Waals surface area contributed by atoms with Crippen LogP contribution in [0, 0.1) is 5.41 Å². The molecule has 0 atom stereocenters. The summed E-state index contributed by atoms with van der Waals surface area (Å²) in [5.41, 5.74) is 5.79. The number of carbonyl (C=O) groups excluding carboxylic acids is 2. The summed E-state index contributed by atoms with van der Waals surface area (Å²) < 4.78 is 87.3. The van der Waals surface area contributed by atoms with Crippen molar-refractivity contribution in [1.29, 1.82) is 0 Å². The maximum Gasteiger partial charge on any atom is 0.490 e. The fourth-order valence-corrected chi connectivity index (χ4v) is 3.00. The van der Waals surface area contributed by atoms with Crippen LogP contribution in [0.2, 0.25) is 5.02 Å². The largest absolute Gasteiger partial charge is 0.492 e. The number of ether oxygens (including phenoxy) is 2. The van der Waals surface area contributed by atoms with Crippen molar-refractivity contribution in [3.63, 3.8) is 0 Å². The van der Waals surface area contributed by atoms with E-state index >= 15 is 0 Å². The van der Waals surface area contributed by atoms with E-state index in [-0.39, 0.29) is 47.1 Å². The standard InChI is InChI=1S/C25H27ClFN5O4.2C2HF3O2/c1-25(2,14-28)15-36-20-12-17(35-11-9-27)6-7-18(20)23(33)31-19-4-3-10-29-22(19)24(34)32-21-8-5-16(26)13-30-21;2*3-2(4,5)1(6)7/h3-8,10,12-13H,9,11,14-15,28H2,1-2H3,(H,31,33)(H,30,32,34);2*(H,6,7). The Morgan fingerprint density at radius 3 is 1.98 bits per heavy atom. The summed E-state index contributed by atoms with van der Waals surface area (Å²) in [4.78, 5) is 52.0. The van der Waals surface area contributed by atoms with Gasteiger partial charge in [0.15, 0.2) is 5.69 Å². The van der Waals surface area contributed by atoms with Gasteiger partial charge in [-0.1, -0.05) is 25.4 Å². The molecule has 2 heterocycles. The van der Waals surface area contributed by atoms with Crippen LogP contribution in [0.5, 0.6) is 11.5 Å². The number of pyridine rings is 2. The molecule has 0 saturated heterocycles. The lowest BCUT2D eigenvalue weighted by Crippen LogP contribution is -2.30. The molecule has 2 aromatic heterocycles. The summed E-state index contributed by atoms with van der Waals surface area (Å²) in [5.74, 6) is -5.78. The molecular formula is C29H29ClF7N5O8. The van der Waals surface area contributed by atoms with Crippen LogP contribution >= 0.6 is 11.6 Å². The Balaban J connectivity index is 0.000000748. The minimum absolute atomic E-state index is 0.0165. The van der Waals surface area contributed by atoms with Crippen LogP contribution in [0.3, 0.4) is 0 Å². The zero-order valence-corrected chi connectivity index (χ0v) is 26.6. The van der Waals surface area contributed by atoms with Gasteiger partial charge in [-0.05, 0) is 36.4 Å². The van der Waals surface area contributed by atoms with Gasteiger partial charge in [0.2, 0.25) is 0 Å². The van der Waals surface area contributed by atoms with Crippen LogP contribution in [0.1, 0.15) is 34.7 Å². The van der Waals surface area contributed by atoms with E-state index in [4.69, 9.17) is 46.6 Å². The number of benzene rings is 1. The number of nitrogens with two attached hydrogens (primary N) is 1. The zero-order valence-electron chi connectivity index (χ0n) is 25.9. The van der Waals surface area contributed by atoms with Gasteiger partial charge in [-0.2, -0.15) is 26.3 Å². The van der Waals surface area contributed by atoms with Crippen LogP contribution in [0.25, 0.3) is 0 Å². The van der Waals surface area contributed by atoms with Gasteiger partial charge in [-0.25, -0.2) is 23.9 Å². The monoisotopic (exact) mass is 743 g/mol. The van der Waals surface area contributed by atoms with Crippen molar-refractivity contribution in [2.75, 3.05) is 37.1 Å². The predicted octanol–water partition coefficient (Wildman–Crippen LogP) is 5.61. The number of carboxylic acids is 2.